The van der Waals surface area contributed by atoms with E-state index in [2.05, 4.69) is 0 Å². The summed E-state index contributed by atoms with van der Waals surface area (Å²) in [5, 5.41) is 18.5. The second-order valence-corrected chi connectivity index (χ2v) is 5.36. The van der Waals surface area contributed by atoms with E-state index < -0.39 is 5.97 Å². The molecule has 0 atom stereocenters. The Bertz CT molecular complexity index is 612. The van der Waals surface area contributed by atoms with Crippen LogP contribution in [0.4, 0.5) is 0 Å². The number of phenolic OH excluding ortho intramolecular Hbond substituents is 1. The fourth-order valence-electron chi connectivity index (χ4n) is 1.25. The summed E-state index contributed by atoms with van der Waals surface area (Å²) in [6.45, 7) is 0. The van der Waals surface area contributed by atoms with Crippen molar-refractivity contribution >= 4 is 52.4 Å². The molecule has 0 aromatic heterocycles. The molecule has 118 valence electrons. The zero-order valence-corrected chi connectivity index (χ0v) is 13.9. The van der Waals surface area contributed by atoms with Crippen LogP contribution < -0.4 is 4.74 Å². The molecule has 0 amide bonds. The maximum absolute atomic E-state index is 9.62. The van der Waals surface area contributed by atoms with Gasteiger partial charge in [-0.25, -0.2) is 0 Å². The van der Waals surface area contributed by atoms with Crippen molar-refractivity contribution in [2.24, 2.45) is 0 Å². The number of rotatable bonds is 3. The molecule has 0 spiro atoms. The molecule has 0 heterocycles. The van der Waals surface area contributed by atoms with Crippen molar-refractivity contribution in [3.63, 3.8) is 0 Å². The topological polar surface area (TPSA) is 66.8 Å². The van der Waals surface area contributed by atoms with Gasteiger partial charge in [0.2, 0.25) is 0 Å². The summed E-state index contributed by atoms with van der Waals surface area (Å²) in [7, 11) is 0. The number of aromatic hydroxyl groups is 1. The van der Waals surface area contributed by atoms with Crippen molar-refractivity contribution < 1.29 is 19.7 Å². The molecule has 8 heteroatoms. The first kappa shape index (κ1) is 18.7. The van der Waals surface area contributed by atoms with Gasteiger partial charge in [-0.05, 0) is 30.3 Å². The number of benzene rings is 2. The molecule has 0 fully saturated rings. The number of phenols is 1. The lowest BCUT2D eigenvalue weighted by Gasteiger charge is -2.09. The maximum Gasteiger partial charge on any atom is 0.318 e. The number of ether oxygens (including phenoxy) is 1. The molecule has 0 saturated carbocycles. The van der Waals surface area contributed by atoms with Gasteiger partial charge in [-0.2, -0.15) is 0 Å². The first-order chi connectivity index (χ1) is 10.3. The van der Waals surface area contributed by atoms with Crippen molar-refractivity contribution in [2.75, 3.05) is 5.88 Å². The molecule has 0 aliphatic heterocycles. The second-order valence-electron chi connectivity index (χ2n) is 3.82. The average molecular weight is 384 g/mol. The molecule has 0 bridgehead atoms. The SMILES string of the molecule is O=C(O)CCl.Oc1cc(Cl)ccc1Oc1ccc(Cl)cc1Cl. The monoisotopic (exact) mass is 382 g/mol. The summed E-state index contributed by atoms with van der Waals surface area (Å²) >= 11 is 22.2. The zero-order valence-electron chi connectivity index (χ0n) is 10.9. The van der Waals surface area contributed by atoms with Crippen LogP contribution in [0.25, 0.3) is 0 Å². The van der Waals surface area contributed by atoms with E-state index in [0.717, 1.165) is 0 Å². The minimum Gasteiger partial charge on any atom is -0.504 e. The number of carboxylic acid groups (broad SMARTS) is 1. The van der Waals surface area contributed by atoms with Crippen LogP contribution in [-0.2, 0) is 4.79 Å². The van der Waals surface area contributed by atoms with E-state index in [-0.39, 0.29) is 17.4 Å². The van der Waals surface area contributed by atoms with Crippen LogP contribution in [0.15, 0.2) is 36.4 Å². The molecule has 0 unspecified atom stereocenters. The van der Waals surface area contributed by atoms with E-state index in [1.165, 1.54) is 6.07 Å². The van der Waals surface area contributed by atoms with Gasteiger partial charge in [0.05, 0.1) is 5.02 Å². The quantitative estimate of drug-likeness (QED) is 0.691. The van der Waals surface area contributed by atoms with Gasteiger partial charge in [-0.3, -0.25) is 4.79 Å². The van der Waals surface area contributed by atoms with Crippen LogP contribution in [-0.4, -0.2) is 22.1 Å². The molecule has 2 aromatic rings. The lowest BCUT2D eigenvalue weighted by atomic mass is 10.3. The van der Waals surface area contributed by atoms with Gasteiger partial charge in [0.25, 0.3) is 0 Å². The van der Waals surface area contributed by atoms with Crippen molar-refractivity contribution in [1.29, 1.82) is 0 Å². The highest BCUT2D eigenvalue weighted by molar-refractivity contribution is 6.35. The maximum atomic E-state index is 9.62. The third kappa shape index (κ3) is 6.20. The number of carbonyl (C=O) groups is 1. The van der Waals surface area contributed by atoms with Crippen LogP contribution in [0.5, 0.6) is 17.2 Å². The van der Waals surface area contributed by atoms with Gasteiger partial charge >= 0.3 is 5.97 Å². The Hall–Kier alpha value is -1.33. The van der Waals surface area contributed by atoms with E-state index in [1.54, 1.807) is 30.3 Å². The van der Waals surface area contributed by atoms with Crippen molar-refractivity contribution in [3.8, 4) is 17.2 Å². The van der Waals surface area contributed by atoms with Crippen molar-refractivity contribution in [1.82, 2.24) is 0 Å². The van der Waals surface area contributed by atoms with Crippen LogP contribution in [0, 0.1) is 0 Å². The first-order valence-electron chi connectivity index (χ1n) is 5.72. The van der Waals surface area contributed by atoms with Gasteiger partial charge < -0.3 is 14.9 Å². The van der Waals surface area contributed by atoms with Crippen molar-refractivity contribution in [3.05, 3.63) is 51.5 Å². The Balaban J connectivity index is 0.000000422. The summed E-state index contributed by atoms with van der Waals surface area (Å²) < 4.78 is 5.45. The third-order valence-electron chi connectivity index (χ3n) is 2.15. The second kappa shape index (κ2) is 8.96. The largest absolute Gasteiger partial charge is 0.504 e. The van der Waals surface area contributed by atoms with Crippen LogP contribution >= 0.6 is 46.4 Å². The minimum atomic E-state index is -0.980. The predicted molar refractivity (Wildman–Crippen MR) is 88.0 cm³/mol. The molecular formula is C14H10Cl4O4. The Morgan fingerprint density at radius 3 is 1.95 bits per heavy atom. The molecule has 0 aliphatic rings. The fourth-order valence-corrected chi connectivity index (χ4v) is 1.87. The zero-order chi connectivity index (χ0) is 16.7. The van der Waals surface area contributed by atoms with Gasteiger partial charge in [0.1, 0.15) is 11.6 Å². The molecule has 2 aromatic carbocycles. The lowest BCUT2D eigenvalue weighted by Crippen LogP contribution is -1.92. The Labute approximate surface area is 146 Å². The number of hydrogen-bond acceptors (Lipinski definition) is 3. The Morgan fingerprint density at radius 1 is 1.00 bits per heavy atom. The van der Waals surface area contributed by atoms with E-state index in [1.807, 2.05) is 0 Å². The van der Waals surface area contributed by atoms with Crippen LogP contribution in [0.1, 0.15) is 0 Å². The number of hydrogen-bond donors (Lipinski definition) is 2. The summed E-state index contributed by atoms with van der Waals surface area (Å²) in [5.41, 5.74) is 0. The fraction of sp³-hybridized carbons (Fsp3) is 0.0714. The molecule has 2 rings (SSSR count). The van der Waals surface area contributed by atoms with E-state index in [4.69, 9.17) is 56.2 Å². The number of halogens is 4. The van der Waals surface area contributed by atoms with Gasteiger partial charge in [0.15, 0.2) is 11.5 Å². The van der Waals surface area contributed by atoms with Gasteiger partial charge in [-0.15, -0.1) is 11.6 Å². The first-order valence-corrected chi connectivity index (χ1v) is 7.39. The Morgan fingerprint density at radius 2 is 1.50 bits per heavy atom. The van der Waals surface area contributed by atoms with Crippen LogP contribution in [0.3, 0.4) is 0 Å². The molecule has 0 aliphatic carbocycles. The highest BCUT2D eigenvalue weighted by Crippen LogP contribution is 2.36. The number of alkyl halides is 1. The highest BCUT2D eigenvalue weighted by atomic mass is 35.5. The van der Waals surface area contributed by atoms with Gasteiger partial charge in [0, 0.05) is 16.1 Å². The minimum absolute atomic E-state index is 0.0523. The average Bonchev–Trinajstić information content (AvgIpc) is 2.45. The van der Waals surface area contributed by atoms with Crippen molar-refractivity contribution in [2.45, 2.75) is 0 Å². The summed E-state index contributed by atoms with van der Waals surface area (Å²) in [6.07, 6.45) is 0. The predicted octanol–water partition coefficient (Wildman–Crippen LogP) is 5.45. The van der Waals surface area contributed by atoms with E-state index >= 15 is 0 Å². The van der Waals surface area contributed by atoms with E-state index in [9.17, 15) is 9.90 Å². The molecule has 0 saturated heterocycles. The summed E-state index contributed by atoms with van der Waals surface area (Å²) in [6, 6.07) is 9.39. The summed E-state index contributed by atoms with van der Waals surface area (Å²) in [4.78, 5) is 9.24. The smallest absolute Gasteiger partial charge is 0.318 e. The van der Waals surface area contributed by atoms with Gasteiger partial charge in [-0.1, -0.05) is 34.8 Å². The standard InChI is InChI=1S/C12H7Cl3O2.C2H3ClO2/c13-7-1-3-11(9(15)5-7)17-12-4-2-8(14)6-10(12)16;3-1-2(4)5/h1-6,16H;1H2,(H,4,5). The molecule has 2 N–H and O–H groups in total. The molecular weight excluding hydrogens is 374 g/mol. The third-order valence-corrected chi connectivity index (χ3v) is 3.14. The number of aliphatic carboxylic acids is 1. The highest BCUT2D eigenvalue weighted by Gasteiger charge is 2.08. The Kier molecular flexibility index (Phi) is 7.62. The summed E-state index contributed by atoms with van der Waals surface area (Å²) in [5.74, 6) is -0.650. The molecule has 22 heavy (non-hydrogen) atoms. The van der Waals surface area contributed by atoms with E-state index in [0.29, 0.717) is 20.8 Å². The number of carboxylic acids is 1. The molecule has 0 radical (unpaired) electrons. The van der Waals surface area contributed by atoms with Crippen LogP contribution in [0.2, 0.25) is 15.1 Å². The normalized spacial score (nSPS) is 9.64. The lowest BCUT2D eigenvalue weighted by molar-refractivity contribution is -0.134. The molecule has 4 nitrogen and oxygen atoms in total.